The first-order valence-corrected chi connectivity index (χ1v) is 4.27. The van der Waals surface area contributed by atoms with Gasteiger partial charge in [-0.15, -0.1) is 0 Å². The Bertz CT molecular complexity index is 240. The maximum atomic E-state index is 8.52. The fourth-order valence-electron chi connectivity index (χ4n) is 0.944. The molecule has 2 N–H and O–H groups in total. The lowest BCUT2D eigenvalue weighted by atomic mass is 10.2. The van der Waals surface area contributed by atoms with Crippen molar-refractivity contribution in [3.63, 3.8) is 0 Å². The molecule has 0 aromatic heterocycles. The Morgan fingerprint density at radius 3 is 2.75 bits per heavy atom. The van der Waals surface area contributed by atoms with E-state index in [1.165, 1.54) is 0 Å². The van der Waals surface area contributed by atoms with Crippen LogP contribution in [0.3, 0.4) is 0 Å². The Hall–Kier alpha value is -0.570. The molecule has 3 heteroatoms. The maximum Gasteiger partial charge on any atom is 0.0556 e. The van der Waals surface area contributed by atoms with Crippen molar-refractivity contribution >= 4 is 11.6 Å². The number of hydrogen-bond donors (Lipinski definition) is 2. The van der Waals surface area contributed by atoms with E-state index in [-0.39, 0.29) is 6.61 Å². The van der Waals surface area contributed by atoms with E-state index < -0.39 is 0 Å². The summed E-state index contributed by atoms with van der Waals surface area (Å²) in [6.45, 7) is 1.47. The summed E-state index contributed by atoms with van der Waals surface area (Å²) in [5.41, 5.74) is 1.06. The first-order valence-electron chi connectivity index (χ1n) is 3.89. The minimum atomic E-state index is 0.157. The number of aliphatic hydroxyl groups is 1. The van der Waals surface area contributed by atoms with Gasteiger partial charge >= 0.3 is 0 Å². The summed E-state index contributed by atoms with van der Waals surface area (Å²) in [4.78, 5) is 0. The molecule has 0 bridgehead atoms. The van der Waals surface area contributed by atoms with Crippen molar-refractivity contribution in [1.29, 1.82) is 0 Å². The molecule has 0 aliphatic heterocycles. The van der Waals surface area contributed by atoms with Crippen LogP contribution in [0, 0.1) is 0 Å². The molecule has 0 radical (unpaired) electrons. The summed E-state index contributed by atoms with van der Waals surface area (Å²) in [5, 5.41) is 12.3. The van der Waals surface area contributed by atoms with Crippen LogP contribution >= 0.6 is 11.6 Å². The number of hydrogen-bond acceptors (Lipinski definition) is 2. The van der Waals surface area contributed by atoms with Crippen molar-refractivity contribution in [3.05, 3.63) is 34.9 Å². The van der Waals surface area contributed by atoms with Gasteiger partial charge in [-0.05, 0) is 11.6 Å². The number of aliphatic hydroxyl groups excluding tert-OH is 1. The third-order valence-corrected chi connectivity index (χ3v) is 1.93. The van der Waals surface area contributed by atoms with Gasteiger partial charge in [0.2, 0.25) is 0 Å². The molecule has 1 aromatic carbocycles. The molecule has 66 valence electrons. The molecule has 0 aliphatic rings. The first kappa shape index (κ1) is 9.52. The summed E-state index contributed by atoms with van der Waals surface area (Å²) in [6.07, 6.45) is 0. The third-order valence-electron chi connectivity index (χ3n) is 1.56. The van der Waals surface area contributed by atoms with E-state index in [0.717, 1.165) is 10.6 Å². The van der Waals surface area contributed by atoms with Gasteiger partial charge in [-0.3, -0.25) is 0 Å². The summed E-state index contributed by atoms with van der Waals surface area (Å²) in [5.74, 6) is 0. The average molecular weight is 186 g/mol. The van der Waals surface area contributed by atoms with Gasteiger partial charge in [0.1, 0.15) is 0 Å². The Balaban J connectivity index is 2.46. The van der Waals surface area contributed by atoms with E-state index >= 15 is 0 Å². The van der Waals surface area contributed by atoms with Crippen LogP contribution in [0.2, 0.25) is 5.02 Å². The second kappa shape index (κ2) is 5.14. The molecular formula is C9H12ClNO. The highest BCUT2D eigenvalue weighted by atomic mass is 35.5. The highest BCUT2D eigenvalue weighted by Crippen LogP contribution is 2.13. The minimum Gasteiger partial charge on any atom is -0.395 e. The zero-order valence-electron chi connectivity index (χ0n) is 6.76. The number of nitrogens with one attached hydrogen (secondary N) is 1. The standard InChI is InChI=1S/C9H12ClNO/c10-9-4-2-1-3-8(9)7-11-5-6-12/h1-4,11-12H,5-7H2. The van der Waals surface area contributed by atoms with Gasteiger partial charge in [-0.25, -0.2) is 0 Å². The summed E-state index contributed by atoms with van der Waals surface area (Å²) < 4.78 is 0. The molecule has 0 amide bonds. The molecule has 0 heterocycles. The van der Waals surface area contributed by atoms with Crippen molar-refractivity contribution in [3.8, 4) is 0 Å². The second-order valence-corrected chi connectivity index (χ2v) is 2.90. The van der Waals surface area contributed by atoms with Crippen LogP contribution in [-0.2, 0) is 6.54 Å². The van der Waals surface area contributed by atoms with Crippen molar-refractivity contribution in [2.75, 3.05) is 13.2 Å². The SMILES string of the molecule is OCCNCc1ccccc1Cl. The van der Waals surface area contributed by atoms with Crippen LogP contribution in [-0.4, -0.2) is 18.3 Å². The maximum absolute atomic E-state index is 8.52. The van der Waals surface area contributed by atoms with E-state index in [9.17, 15) is 0 Å². The summed E-state index contributed by atoms with van der Waals surface area (Å²) in [7, 11) is 0. The molecule has 0 unspecified atom stereocenters. The zero-order valence-corrected chi connectivity index (χ0v) is 7.51. The first-order chi connectivity index (χ1) is 5.84. The van der Waals surface area contributed by atoms with E-state index in [1.54, 1.807) is 0 Å². The van der Waals surface area contributed by atoms with Crippen molar-refractivity contribution in [2.24, 2.45) is 0 Å². The topological polar surface area (TPSA) is 32.3 Å². The largest absolute Gasteiger partial charge is 0.395 e. The predicted molar refractivity (Wildman–Crippen MR) is 50.2 cm³/mol. The molecule has 0 aliphatic carbocycles. The van der Waals surface area contributed by atoms with Crippen LogP contribution in [0.15, 0.2) is 24.3 Å². The smallest absolute Gasteiger partial charge is 0.0556 e. The lowest BCUT2D eigenvalue weighted by molar-refractivity contribution is 0.292. The minimum absolute atomic E-state index is 0.157. The molecule has 0 saturated heterocycles. The molecule has 0 spiro atoms. The van der Waals surface area contributed by atoms with E-state index in [4.69, 9.17) is 16.7 Å². The number of benzene rings is 1. The van der Waals surface area contributed by atoms with E-state index in [2.05, 4.69) is 5.32 Å². The van der Waals surface area contributed by atoms with Crippen LogP contribution in [0.5, 0.6) is 0 Å². The monoisotopic (exact) mass is 185 g/mol. The molecular weight excluding hydrogens is 174 g/mol. The molecule has 0 atom stereocenters. The normalized spacial score (nSPS) is 10.2. The van der Waals surface area contributed by atoms with Gasteiger partial charge in [0.25, 0.3) is 0 Å². The van der Waals surface area contributed by atoms with Crippen molar-refractivity contribution in [2.45, 2.75) is 6.54 Å². The number of halogens is 1. The Morgan fingerprint density at radius 1 is 1.33 bits per heavy atom. The van der Waals surface area contributed by atoms with Gasteiger partial charge in [0.05, 0.1) is 6.61 Å². The molecule has 0 saturated carbocycles. The Kier molecular flexibility index (Phi) is 4.08. The average Bonchev–Trinajstić information content (AvgIpc) is 2.09. The Labute approximate surface area is 77.2 Å². The van der Waals surface area contributed by atoms with Crippen LogP contribution < -0.4 is 5.32 Å². The number of rotatable bonds is 4. The predicted octanol–water partition coefficient (Wildman–Crippen LogP) is 1.42. The molecule has 2 nitrogen and oxygen atoms in total. The molecule has 1 rings (SSSR count). The molecule has 1 aromatic rings. The molecule has 12 heavy (non-hydrogen) atoms. The van der Waals surface area contributed by atoms with Gasteiger partial charge in [0, 0.05) is 18.1 Å². The fraction of sp³-hybridized carbons (Fsp3) is 0.333. The van der Waals surface area contributed by atoms with Crippen LogP contribution in [0.4, 0.5) is 0 Å². The Morgan fingerprint density at radius 2 is 2.08 bits per heavy atom. The van der Waals surface area contributed by atoms with E-state index in [1.807, 2.05) is 24.3 Å². The fourth-order valence-corrected chi connectivity index (χ4v) is 1.15. The second-order valence-electron chi connectivity index (χ2n) is 2.49. The van der Waals surface area contributed by atoms with Gasteiger partial charge in [-0.1, -0.05) is 29.8 Å². The van der Waals surface area contributed by atoms with Gasteiger partial charge < -0.3 is 10.4 Å². The quantitative estimate of drug-likeness (QED) is 0.696. The lowest BCUT2D eigenvalue weighted by Gasteiger charge is -2.04. The van der Waals surface area contributed by atoms with Gasteiger partial charge in [0.15, 0.2) is 0 Å². The lowest BCUT2D eigenvalue weighted by Crippen LogP contribution is -2.17. The van der Waals surface area contributed by atoms with Gasteiger partial charge in [-0.2, -0.15) is 0 Å². The van der Waals surface area contributed by atoms with Crippen LogP contribution in [0.1, 0.15) is 5.56 Å². The summed E-state index contributed by atoms with van der Waals surface area (Å²) >= 11 is 5.90. The molecule has 0 fully saturated rings. The van der Waals surface area contributed by atoms with Crippen molar-refractivity contribution < 1.29 is 5.11 Å². The van der Waals surface area contributed by atoms with Crippen molar-refractivity contribution in [1.82, 2.24) is 5.32 Å². The third kappa shape index (κ3) is 2.81. The zero-order chi connectivity index (χ0) is 8.81. The van der Waals surface area contributed by atoms with Crippen LogP contribution in [0.25, 0.3) is 0 Å². The highest BCUT2D eigenvalue weighted by Gasteiger charge is 1.96. The van der Waals surface area contributed by atoms with E-state index in [0.29, 0.717) is 13.1 Å². The highest BCUT2D eigenvalue weighted by molar-refractivity contribution is 6.31. The summed E-state index contributed by atoms with van der Waals surface area (Å²) in [6, 6.07) is 7.67.